The minimum Gasteiger partial charge on any atom is -0.488 e. The molecule has 0 saturated carbocycles. The smallest absolute Gasteiger partial charge is 0.185 e. The van der Waals surface area contributed by atoms with Crippen LogP contribution in [0.4, 0.5) is 0 Å². The molecule has 0 aromatic carbocycles. The van der Waals surface area contributed by atoms with Crippen LogP contribution in [0, 0.1) is 0 Å². The monoisotopic (exact) mass is 210 g/mol. The third-order valence-electron chi connectivity index (χ3n) is 2.63. The van der Waals surface area contributed by atoms with Gasteiger partial charge < -0.3 is 9.16 Å². The Kier molecular flexibility index (Phi) is 2.12. The summed E-state index contributed by atoms with van der Waals surface area (Å²) in [7, 11) is -1.53. The van der Waals surface area contributed by atoms with Gasteiger partial charge in [-0.25, -0.2) is 0 Å². The van der Waals surface area contributed by atoms with Crippen molar-refractivity contribution < 1.29 is 9.16 Å². The fourth-order valence-corrected chi connectivity index (χ4v) is 3.66. The van der Waals surface area contributed by atoms with Gasteiger partial charge in [0.25, 0.3) is 0 Å². The predicted octanol–water partition coefficient (Wildman–Crippen LogP) is 2.84. The van der Waals surface area contributed by atoms with Gasteiger partial charge in [0.05, 0.1) is 0 Å². The number of hydrogen-bond donors (Lipinski definition) is 0. The zero-order chi connectivity index (χ0) is 10.4. The van der Waals surface area contributed by atoms with E-state index < -0.39 is 8.32 Å². The molecule has 3 heteroatoms. The van der Waals surface area contributed by atoms with Gasteiger partial charge >= 0.3 is 0 Å². The second-order valence-electron chi connectivity index (χ2n) is 5.12. The summed E-state index contributed by atoms with van der Waals surface area (Å²) >= 11 is 0. The second kappa shape index (κ2) is 2.97. The van der Waals surface area contributed by atoms with Crippen LogP contribution in [0.15, 0.2) is 24.5 Å². The highest BCUT2D eigenvalue weighted by atomic mass is 28.4. The van der Waals surface area contributed by atoms with Gasteiger partial charge in [-0.15, -0.1) is 0 Å². The zero-order valence-electron chi connectivity index (χ0n) is 9.17. The second-order valence-corrected chi connectivity index (χ2v) is 9.55. The molecule has 1 saturated heterocycles. The molecule has 0 unspecified atom stereocenters. The van der Waals surface area contributed by atoms with Crippen LogP contribution in [0.25, 0.3) is 0 Å². The van der Waals surface area contributed by atoms with Crippen molar-refractivity contribution in [2.75, 3.05) is 0 Å². The van der Waals surface area contributed by atoms with E-state index in [9.17, 15) is 0 Å². The van der Waals surface area contributed by atoms with Crippen LogP contribution in [0.1, 0.15) is 12.8 Å². The summed E-state index contributed by atoms with van der Waals surface area (Å²) < 4.78 is 11.9. The van der Waals surface area contributed by atoms with Crippen LogP contribution < -0.4 is 0 Å². The zero-order valence-corrected chi connectivity index (χ0v) is 10.2. The average molecular weight is 210 g/mol. The molecule has 1 fully saturated rings. The van der Waals surface area contributed by atoms with E-state index in [0.717, 1.165) is 18.6 Å². The molecule has 0 aromatic heterocycles. The van der Waals surface area contributed by atoms with E-state index >= 15 is 0 Å². The molecule has 14 heavy (non-hydrogen) atoms. The van der Waals surface area contributed by atoms with Crippen molar-refractivity contribution in [3.8, 4) is 0 Å². The highest BCUT2D eigenvalue weighted by Crippen LogP contribution is 2.44. The lowest BCUT2D eigenvalue weighted by atomic mass is 9.90. The summed E-state index contributed by atoms with van der Waals surface area (Å²) in [6.07, 6.45) is 6.35. The van der Waals surface area contributed by atoms with Gasteiger partial charge in [0, 0.05) is 12.8 Å². The first-order valence-corrected chi connectivity index (χ1v) is 8.55. The Bertz CT molecular complexity index is 290. The van der Waals surface area contributed by atoms with Gasteiger partial charge in [0.15, 0.2) is 8.32 Å². The summed E-state index contributed by atoms with van der Waals surface area (Å²) in [4.78, 5) is 0. The lowest BCUT2D eigenvalue weighted by Gasteiger charge is -2.35. The van der Waals surface area contributed by atoms with Gasteiger partial charge in [-0.05, 0) is 25.7 Å². The Morgan fingerprint density at radius 1 is 1.57 bits per heavy atom. The van der Waals surface area contributed by atoms with Crippen LogP contribution in [0.2, 0.25) is 19.6 Å². The molecule has 0 N–H and O–H groups in total. The van der Waals surface area contributed by atoms with E-state index in [1.165, 1.54) is 0 Å². The predicted molar refractivity (Wildman–Crippen MR) is 59.5 cm³/mol. The molecule has 1 heterocycles. The highest BCUT2D eigenvalue weighted by Gasteiger charge is 2.48. The van der Waals surface area contributed by atoms with Crippen molar-refractivity contribution in [2.45, 2.75) is 44.2 Å². The molecular weight excluding hydrogens is 192 g/mol. The first kappa shape index (κ1) is 9.99. The Labute approximate surface area is 86.7 Å². The van der Waals surface area contributed by atoms with Gasteiger partial charge in [-0.3, -0.25) is 0 Å². The summed E-state index contributed by atoms with van der Waals surface area (Å²) in [5.74, 6) is 0.829. The van der Waals surface area contributed by atoms with Crippen LogP contribution in [-0.4, -0.2) is 20.0 Å². The van der Waals surface area contributed by atoms with E-state index in [1.54, 1.807) is 0 Å². The lowest BCUT2D eigenvalue weighted by Crippen LogP contribution is -2.42. The van der Waals surface area contributed by atoms with E-state index in [1.807, 2.05) is 0 Å². The molecule has 2 bridgehead atoms. The number of hydrogen-bond acceptors (Lipinski definition) is 2. The van der Waals surface area contributed by atoms with Gasteiger partial charge in [0.1, 0.15) is 17.5 Å². The summed E-state index contributed by atoms with van der Waals surface area (Å²) in [5.41, 5.74) is -0.204. The molecule has 78 valence electrons. The van der Waals surface area contributed by atoms with Crippen molar-refractivity contribution in [3.63, 3.8) is 0 Å². The largest absolute Gasteiger partial charge is 0.488 e. The molecule has 2 atom stereocenters. The van der Waals surface area contributed by atoms with Crippen LogP contribution in [-0.2, 0) is 9.16 Å². The average Bonchev–Trinajstić information content (AvgIpc) is 2.19. The first-order chi connectivity index (χ1) is 6.41. The summed E-state index contributed by atoms with van der Waals surface area (Å²) in [5, 5.41) is 0. The fraction of sp³-hybridized carbons (Fsp3) is 0.636. The maximum Gasteiger partial charge on any atom is 0.185 e. The molecular formula is C11H18O2Si. The normalized spacial score (nSPS) is 35.9. The Hall–Kier alpha value is -0.543. The molecule has 0 aromatic rings. The number of rotatable bonds is 2. The third-order valence-corrected chi connectivity index (χ3v) is 3.64. The quantitative estimate of drug-likeness (QED) is 0.515. The first-order valence-electron chi connectivity index (χ1n) is 5.14. The van der Waals surface area contributed by atoms with Crippen LogP contribution in [0.3, 0.4) is 0 Å². The molecule has 2 aliphatic rings. The molecule has 0 radical (unpaired) electrons. The Balaban J connectivity index is 2.22. The van der Waals surface area contributed by atoms with Crippen molar-refractivity contribution in [2.24, 2.45) is 0 Å². The standard InChI is InChI=1S/C11H18O2Si/c1-9-11(13-14(2,3)4)7-5-6-10(8-11)12-9/h5-6,10H,1,7-8H2,2-4H3/t10-,11+/m1/s1. The van der Waals surface area contributed by atoms with Gasteiger partial charge in [-0.2, -0.15) is 0 Å². The van der Waals surface area contributed by atoms with Crippen molar-refractivity contribution >= 4 is 8.32 Å². The molecule has 2 nitrogen and oxygen atoms in total. The molecule has 1 aliphatic carbocycles. The molecule has 0 amide bonds. The lowest BCUT2D eigenvalue weighted by molar-refractivity contribution is 0.0964. The maximum absolute atomic E-state index is 6.23. The van der Waals surface area contributed by atoms with Crippen molar-refractivity contribution in [1.29, 1.82) is 0 Å². The third kappa shape index (κ3) is 1.66. The van der Waals surface area contributed by atoms with Crippen LogP contribution in [0.5, 0.6) is 0 Å². The molecule has 0 spiro atoms. The van der Waals surface area contributed by atoms with E-state index in [-0.39, 0.29) is 11.7 Å². The maximum atomic E-state index is 6.23. The summed E-state index contributed by atoms with van der Waals surface area (Å²) in [6.45, 7) is 10.6. The SMILES string of the molecule is C=C1O[C@@H]2C=CC[C@]1(O[Si](C)(C)C)C2. The topological polar surface area (TPSA) is 18.5 Å². The number of fused-ring (bicyclic) bond motifs is 2. The van der Waals surface area contributed by atoms with Gasteiger partial charge in [-0.1, -0.05) is 12.7 Å². The minimum atomic E-state index is -1.53. The summed E-state index contributed by atoms with van der Waals surface area (Å²) in [6, 6.07) is 0. The van der Waals surface area contributed by atoms with E-state index in [0.29, 0.717) is 0 Å². The fourth-order valence-electron chi connectivity index (χ4n) is 2.21. The van der Waals surface area contributed by atoms with Gasteiger partial charge in [0.2, 0.25) is 0 Å². The molecule has 2 rings (SSSR count). The van der Waals surface area contributed by atoms with Crippen molar-refractivity contribution in [3.05, 3.63) is 24.5 Å². The Morgan fingerprint density at radius 2 is 2.29 bits per heavy atom. The van der Waals surface area contributed by atoms with E-state index in [2.05, 4.69) is 38.4 Å². The minimum absolute atomic E-state index is 0.201. The number of ether oxygens (including phenoxy) is 1. The molecule has 1 aliphatic heterocycles. The van der Waals surface area contributed by atoms with E-state index in [4.69, 9.17) is 9.16 Å². The van der Waals surface area contributed by atoms with Crippen molar-refractivity contribution in [1.82, 2.24) is 0 Å². The van der Waals surface area contributed by atoms with Crippen LogP contribution >= 0.6 is 0 Å². The highest BCUT2D eigenvalue weighted by molar-refractivity contribution is 6.69. The Morgan fingerprint density at radius 3 is 2.93 bits per heavy atom.